The number of rotatable bonds is 7. The van der Waals surface area contributed by atoms with Gasteiger partial charge in [0, 0.05) is 12.3 Å². The Labute approximate surface area is 75.8 Å². The van der Waals surface area contributed by atoms with Crippen LogP contribution in [0.5, 0.6) is 0 Å². The van der Waals surface area contributed by atoms with Crippen molar-refractivity contribution >= 4 is 7.37 Å². The van der Waals surface area contributed by atoms with Crippen LogP contribution in [0.3, 0.4) is 0 Å². The molecular weight excluding hydrogens is 171 g/mol. The Balaban J connectivity index is 3.41. The molecule has 0 aliphatic rings. The van der Waals surface area contributed by atoms with Crippen molar-refractivity contribution in [1.29, 1.82) is 0 Å². The van der Waals surface area contributed by atoms with E-state index in [1.54, 1.807) is 0 Å². The molecule has 0 radical (unpaired) electrons. The molecular formula is C9H21O2P. The van der Waals surface area contributed by atoms with Crippen molar-refractivity contribution in [2.45, 2.75) is 46.0 Å². The Morgan fingerprint density at radius 3 is 2.17 bits per heavy atom. The monoisotopic (exact) mass is 192 g/mol. The fraction of sp³-hybridized carbons (Fsp3) is 1.00. The van der Waals surface area contributed by atoms with Gasteiger partial charge in [0.05, 0.1) is 0 Å². The molecule has 12 heavy (non-hydrogen) atoms. The molecule has 0 aliphatic heterocycles. The number of hydrogen-bond acceptors (Lipinski definition) is 1. The minimum atomic E-state index is -2.73. The fourth-order valence-electron chi connectivity index (χ4n) is 1.25. The molecule has 0 saturated carbocycles. The molecule has 0 amide bonds. The van der Waals surface area contributed by atoms with E-state index in [1.807, 2.05) is 6.92 Å². The van der Waals surface area contributed by atoms with Crippen LogP contribution in [0.4, 0.5) is 0 Å². The van der Waals surface area contributed by atoms with E-state index in [1.165, 1.54) is 12.8 Å². The Morgan fingerprint density at radius 1 is 1.00 bits per heavy atom. The maximum absolute atomic E-state index is 11.3. The SMILES string of the molecule is CCCCCCP(=O)(O)CCC. The van der Waals surface area contributed by atoms with Crippen LogP contribution in [0.15, 0.2) is 0 Å². The molecule has 1 atom stereocenters. The quantitative estimate of drug-likeness (QED) is 0.496. The van der Waals surface area contributed by atoms with Gasteiger partial charge in [-0.25, -0.2) is 0 Å². The number of unbranched alkanes of at least 4 members (excludes halogenated alkanes) is 3. The summed E-state index contributed by atoms with van der Waals surface area (Å²) in [6, 6.07) is 0. The molecule has 0 aromatic heterocycles. The lowest BCUT2D eigenvalue weighted by Crippen LogP contribution is -1.93. The Bertz CT molecular complexity index is 145. The van der Waals surface area contributed by atoms with E-state index in [2.05, 4.69) is 6.92 Å². The van der Waals surface area contributed by atoms with Crippen LogP contribution in [-0.2, 0) is 4.57 Å². The molecule has 1 unspecified atom stereocenters. The van der Waals surface area contributed by atoms with Gasteiger partial charge in [0.1, 0.15) is 0 Å². The summed E-state index contributed by atoms with van der Waals surface area (Å²) in [5.41, 5.74) is 0. The first kappa shape index (κ1) is 12.2. The lowest BCUT2D eigenvalue weighted by atomic mass is 10.2. The Hall–Kier alpha value is 0.190. The third-order valence-corrected chi connectivity index (χ3v) is 4.10. The van der Waals surface area contributed by atoms with Gasteiger partial charge in [0.25, 0.3) is 0 Å². The average Bonchev–Trinajstić information content (AvgIpc) is 1.98. The Kier molecular flexibility index (Phi) is 6.78. The lowest BCUT2D eigenvalue weighted by molar-refractivity contribution is 0.473. The predicted molar refractivity (Wildman–Crippen MR) is 54.0 cm³/mol. The van der Waals surface area contributed by atoms with E-state index in [0.29, 0.717) is 12.3 Å². The van der Waals surface area contributed by atoms with E-state index >= 15 is 0 Å². The van der Waals surface area contributed by atoms with Crippen LogP contribution < -0.4 is 0 Å². The van der Waals surface area contributed by atoms with Gasteiger partial charge in [-0.15, -0.1) is 0 Å². The highest BCUT2D eigenvalue weighted by Gasteiger charge is 2.14. The second kappa shape index (κ2) is 6.68. The van der Waals surface area contributed by atoms with Gasteiger partial charge in [0.2, 0.25) is 7.37 Å². The minimum absolute atomic E-state index is 0.499. The summed E-state index contributed by atoms with van der Waals surface area (Å²) >= 11 is 0. The van der Waals surface area contributed by atoms with Crippen molar-refractivity contribution in [2.75, 3.05) is 12.3 Å². The maximum atomic E-state index is 11.3. The highest BCUT2D eigenvalue weighted by atomic mass is 31.2. The molecule has 2 nitrogen and oxygen atoms in total. The first-order valence-electron chi connectivity index (χ1n) is 4.93. The number of hydrogen-bond donors (Lipinski definition) is 1. The van der Waals surface area contributed by atoms with Crippen molar-refractivity contribution in [3.63, 3.8) is 0 Å². The average molecular weight is 192 g/mol. The van der Waals surface area contributed by atoms with Gasteiger partial charge < -0.3 is 4.89 Å². The summed E-state index contributed by atoms with van der Waals surface area (Å²) in [4.78, 5) is 9.37. The molecule has 0 aromatic rings. The summed E-state index contributed by atoms with van der Waals surface area (Å²) < 4.78 is 11.3. The van der Waals surface area contributed by atoms with E-state index in [9.17, 15) is 9.46 Å². The van der Waals surface area contributed by atoms with E-state index in [0.717, 1.165) is 19.3 Å². The zero-order valence-corrected chi connectivity index (χ0v) is 9.15. The highest BCUT2D eigenvalue weighted by Crippen LogP contribution is 2.41. The minimum Gasteiger partial charge on any atom is -0.344 e. The van der Waals surface area contributed by atoms with Crippen LogP contribution >= 0.6 is 7.37 Å². The molecule has 74 valence electrons. The van der Waals surface area contributed by atoms with E-state index < -0.39 is 7.37 Å². The second-order valence-electron chi connectivity index (χ2n) is 3.35. The Morgan fingerprint density at radius 2 is 1.67 bits per heavy atom. The first-order valence-corrected chi connectivity index (χ1v) is 6.96. The summed E-state index contributed by atoms with van der Waals surface area (Å²) in [5.74, 6) is 0. The molecule has 3 heteroatoms. The molecule has 0 bridgehead atoms. The van der Waals surface area contributed by atoms with Crippen molar-refractivity contribution < 1.29 is 9.46 Å². The van der Waals surface area contributed by atoms with Gasteiger partial charge in [-0.05, 0) is 12.8 Å². The molecule has 0 aromatic carbocycles. The summed E-state index contributed by atoms with van der Waals surface area (Å²) in [7, 11) is -2.73. The van der Waals surface area contributed by atoms with Crippen LogP contribution in [0.1, 0.15) is 46.0 Å². The lowest BCUT2D eigenvalue weighted by Gasteiger charge is -2.09. The zero-order chi connectivity index (χ0) is 9.45. The van der Waals surface area contributed by atoms with Gasteiger partial charge in [-0.2, -0.15) is 0 Å². The van der Waals surface area contributed by atoms with Crippen LogP contribution in [0.25, 0.3) is 0 Å². The van der Waals surface area contributed by atoms with Gasteiger partial charge >= 0.3 is 0 Å². The smallest absolute Gasteiger partial charge is 0.200 e. The standard InChI is InChI=1S/C9H21O2P/c1-3-5-6-7-9-12(10,11)8-4-2/h3-9H2,1-2H3,(H,10,11). The third kappa shape index (κ3) is 6.87. The van der Waals surface area contributed by atoms with Gasteiger partial charge in [-0.1, -0.05) is 33.1 Å². The molecule has 1 N–H and O–H groups in total. The van der Waals surface area contributed by atoms with Crippen molar-refractivity contribution in [1.82, 2.24) is 0 Å². The first-order chi connectivity index (χ1) is 5.62. The van der Waals surface area contributed by atoms with E-state index in [4.69, 9.17) is 0 Å². The van der Waals surface area contributed by atoms with Crippen molar-refractivity contribution in [3.05, 3.63) is 0 Å². The highest BCUT2D eigenvalue weighted by molar-refractivity contribution is 7.57. The normalized spacial score (nSPS) is 15.9. The molecule has 0 spiro atoms. The largest absolute Gasteiger partial charge is 0.344 e. The van der Waals surface area contributed by atoms with Crippen LogP contribution in [-0.4, -0.2) is 17.2 Å². The molecule has 0 heterocycles. The van der Waals surface area contributed by atoms with Gasteiger partial charge in [-0.3, -0.25) is 4.57 Å². The maximum Gasteiger partial charge on any atom is 0.200 e. The summed E-state index contributed by atoms with van der Waals surface area (Å²) in [5, 5.41) is 0. The van der Waals surface area contributed by atoms with Crippen LogP contribution in [0.2, 0.25) is 0 Å². The topological polar surface area (TPSA) is 37.3 Å². The molecule has 0 rings (SSSR count). The molecule has 0 aliphatic carbocycles. The van der Waals surface area contributed by atoms with E-state index in [-0.39, 0.29) is 0 Å². The third-order valence-electron chi connectivity index (χ3n) is 1.93. The predicted octanol–water partition coefficient (Wildman–Crippen LogP) is 3.25. The van der Waals surface area contributed by atoms with Crippen molar-refractivity contribution in [2.24, 2.45) is 0 Å². The summed E-state index contributed by atoms with van der Waals surface area (Å²) in [6.07, 6.45) is 6.24. The zero-order valence-electron chi connectivity index (χ0n) is 8.25. The second-order valence-corrected chi connectivity index (χ2v) is 5.94. The summed E-state index contributed by atoms with van der Waals surface area (Å²) in [6.45, 7) is 4.10. The van der Waals surface area contributed by atoms with Gasteiger partial charge in [0.15, 0.2) is 0 Å². The fourth-order valence-corrected chi connectivity index (χ4v) is 2.89. The van der Waals surface area contributed by atoms with Crippen LogP contribution in [0, 0.1) is 0 Å². The molecule has 0 saturated heterocycles. The van der Waals surface area contributed by atoms with Crippen molar-refractivity contribution in [3.8, 4) is 0 Å². The molecule has 0 fully saturated rings.